The van der Waals surface area contributed by atoms with E-state index in [1.807, 2.05) is 37.3 Å². The van der Waals surface area contributed by atoms with Crippen LogP contribution in [-0.2, 0) is 9.53 Å². The molecular weight excluding hydrogens is 332 g/mol. The highest BCUT2D eigenvalue weighted by molar-refractivity contribution is 5.94. The molecule has 2 atom stereocenters. The summed E-state index contributed by atoms with van der Waals surface area (Å²) in [5.41, 5.74) is 8.35. The number of fused-ring (bicyclic) bond motifs is 1. The Morgan fingerprint density at radius 1 is 1.35 bits per heavy atom. The lowest BCUT2D eigenvalue weighted by atomic mass is 9.76. The van der Waals surface area contributed by atoms with E-state index >= 15 is 0 Å². The summed E-state index contributed by atoms with van der Waals surface area (Å²) in [6.07, 6.45) is 0. The first-order chi connectivity index (χ1) is 12.4. The SMILES string of the molecule is CCOC(=O)C1=C(C)Nc2nc(=O)[nH]c(N)c2C1C(C)c1ccccc1. The molecule has 136 valence electrons. The highest BCUT2D eigenvalue weighted by Crippen LogP contribution is 2.46. The first kappa shape index (κ1) is 17.7. The second kappa shape index (κ2) is 7.03. The fourth-order valence-electron chi connectivity index (χ4n) is 3.47. The Hall–Kier alpha value is -3.09. The second-order valence-electron chi connectivity index (χ2n) is 6.28. The van der Waals surface area contributed by atoms with Gasteiger partial charge in [-0.3, -0.25) is 4.98 Å². The summed E-state index contributed by atoms with van der Waals surface area (Å²) >= 11 is 0. The first-order valence-corrected chi connectivity index (χ1v) is 8.53. The molecule has 1 aromatic heterocycles. The van der Waals surface area contributed by atoms with E-state index in [1.54, 1.807) is 13.8 Å². The van der Waals surface area contributed by atoms with Gasteiger partial charge in [0, 0.05) is 17.2 Å². The quantitative estimate of drug-likeness (QED) is 0.728. The van der Waals surface area contributed by atoms with Crippen LogP contribution in [0.1, 0.15) is 43.7 Å². The Kier molecular flexibility index (Phi) is 4.79. The Morgan fingerprint density at radius 2 is 2.04 bits per heavy atom. The molecule has 0 amide bonds. The molecule has 1 aliphatic heterocycles. The number of nitrogens with two attached hydrogens (primary N) is 1. The first-order valence-electron chi connectivity index (χ1n) is 8.53. The molecule has 0 spiro atoms. The van der Waals surface area contributed by atoms with E-state index < -0.39 is 17.6 Å². The number of aromatic amines is 1. The minimum absolute atomic E-state index is 0.0820. The molecule has 1 aromatic carbocycles. The molecule has 1 aliphatic rings. The fourth-order valence-corrected chi connectivity index (χ4v) is 3.47. The van der Waals surface area contributed by atoms with Gasteiger partial charge >= 0.3 is 11.7 Å². The van der Waals surface area contributed by atoms with Crippen LogP contribution in [0.25, 0.3) is 0 Å². The third kappa shape index (κ3) is 3.08. The lowest BCUT2D eigenvalue weighted by molar-refractivity contribution is -0.139. The van der Waals surface area contributed by atoms with Gasteiger partial charge in [0.1, 0.15) is 11.6 Å². The highest BCUT2D eigenvalue weighted by atomic mass is 16.5. The smallest absolute Gasteiger partial charge is 0.348 e. The van der Waals surface area contributed by atoms with Crippen molar-refractivity contribution in [2.45, 2.75) is 32.6 Å². The van der Waals surface area contributed by atoms with Crippen molar-refractivity contribution in [3.8, 4) is 0 Å². The summed E-state index contributed by atoms with van der Waals surface area (Å²) in [7, 11) is 0. The molecule has 4 N–H and O–H groups in total. The van der Waals surface area contributed by atoms with Crippen LogP contribution in [0.5, 0.6) is 0 Å². The van der Waals surface area contributed by atoms with Gasteiger partial charge in [-0.15, -0.1) is 0 Å². The second-order valence-corrected chi connectivity index (χ2v) is 6.28. The largest absolute Gasteiger partial charge is 0.463 e. The van der Waals surface area contributed by atoms with E-state index in [-0.39, 0.29) is 18.3 Å². The maximum absolute atomic E-state index is 12.7. The third-order valence-electron chi connectivity index (χ3n) is 4.65. The number of allylic oxidation sites excluding steroid dienone is 1. The topological polar surface area (TPSA) is 110 Å². The van der Waals surface area contributed by atoms with E-state index in [0.717, 1.165) is 5.56 Å². The molecular formula is C19H22N4O3. The van der Waals surface area contributed by atoms with Gasteiger partial charge in [0.25, 0.3) is 0 Å². The summed E-state index contributed by atoms with van der Waals surface area (Å²) in [4.78, 5) is 31.0. The van der Waals surface area contributed by atoms with Gasteiger partial charge in [-0.25, -0.2) is 9.59 Å². The molecule has 26 heavy (non-hydrogen) atoms. The zero-order valence-corrected chi connectivity index (χ0v) is 15.0. The molecule has 0 saturated heterocycles. The van der Waals surface area contributed by atoms with Gasteiger partial charge in [-0.05, 0) is 25.3 Å². The molecule has 0 fully saturated rings. The monoisotopic (exact) mass is 354 g/mol. The number of carbonyl (C=O) groups is 1. The molecule has 0 aliphatic carbocycles. The molecule has 0 bridgehead atoms. The van der Waals surface area contributed by atoms with Crippen molar-refractivity contribution >= 4 is 17.6 Å². The summed E-state index contributed by atoms with van der Waals surface area (Å²) < 4.78 is 5.28. The van der Waals surface area contributed by atoms with Crippen LogP contribution in [0, 0.1) is 0 Å². The van der Waals surface area contributed by atoms with Crippen molar-refractivity contribution in [1.82, 2.24) is 9.97 Å². The number of esters is 1. The number of rotatable bonds is 4. The number of anilines is 2. The van der Waals surface area contributed by atoms with Gasteiger partial charge in [-0.1, -0.05) is 37.3 Å². The molecule has 2 aromatic rings. The molecule has 7 heteroatoms. The van der Waals surface area contributed by atoms with Crippen LogP contribution in [0.15, 0.2) is 46.4 Å². The average Bonchev–Trinajstić information content (AvgIpc) is 2.60. The van der Waals surface area contributed by atoms with E-state index in [4.69, 9.17) is 10.5 Å². The molecule has 0 saturated carbocycles. The number of nitrogens with zero attached hydrogens (tertiary/aromatic N) is 1. The van der Waals surface area contributed by atoms with Crippen molar-refractivity contribution in [3.05, 3.63) is 63.2 Å². The van der Waals surface area contributed by atoms with Crippen LogP contribution in [0.3, 0.4) is 0 Å². The van der Waals surface area contributed by atoms with Gasteiger partial charge in [0.2, 0.25) is 0 Å². The van der Waals surface area contributed by atoms with Gasteiger partial charge in [-0.2, -0.15) is 4.98 Å². The minimum atomic E-state index is -0.535. The van der Waals surface area contributed by atoms with Crippen molar-refractivity contribution in [2.75, 3.05) is 17.7 Å². The number of ether oxygens (including phenoxy) is 1. The summed E-state index contributed by atoms with van der Waals surface area (Å²) in [5, 5.41) is 3.03. The Balaban J connectivity index is 2.21. The van der Waals surface area contributed by atoms with Crippen molar-refractivity contribution < 1.29 is 9.53 Å². The standard InChI is InChI=1S/C19H22N4O3/c1-4-26-18(24)14-11(3)21-17-15(16(20)22-19(25)23-17)13(14)10(2)12-8-6-5-7-9-12/h5-10,13H,4H2,1-3H3,(H4,20,21,22,23,25). The number of nitrogen functional groups attached to an aromatic ring is 1. The van der Waals surface area contributed by atoms with E-state index in [9.17, 15) is 9.59 Å². The Bertz CT molecular complexity index is 918. The van der Waals surface area contributed by atoms with Gasteiger partial charge in [0.05, 0.1) is 12.2 Å². The number of nitrogens with one attached hydrogen (secondary N) is 2. The number of aromatic nitrogens is 2. The molecule has 0 radical (unpaired) electrons. The minimum Gasteiger partial charge on any atom is -0.463 e. The van der Waals surface area contributed by atoms with Crippen molar-refractivity contribution in [2.24, 2.45) is 0 Å². The average molecular weight is 354 g/mol. The number of carbonyl (C=O) groups excluding carboxylic acids is 1. The van der Waals surface area contributed by atoms with Crippen molar-refractivity contribution in [1.29, 1.82) is 0 Å². The number of benzene rings is 1. The molecule has 2 unspecified atom stereocenters. The van der Waals surface area contributed by atoms with Gasteiger partial charge < -0.3 is 15.8 Å². The summed E-state index contributed by atoms with van der Waals surface area (Å²) in [6, 6.07) is 9.83. The zero-order valence-electron chi connectivity index (χ0n) is 15.0. The predicted octanol–water partition coefficient (Wildman–Crippen LogP) is 2.50. The van der Waals surface area contributed by atoms with Crippen LogP contribution in [0.2, 0.25) is 0 Å². The molecule has 3 rings (SSSR count). The van der Waals surface area contributed by atoms with Crippen LogP contribution in [0.4, 0.5) is 11.6 Å². The van der Waals surface area contributed by atoms with E-state index in [1.165, 1.54) is 0 Å². The van der Waals surface area contributed by atoms with Crippen LogP contribution < -0.4 is 16.7 Å². The number of H-pyrrole nitrogens is 1. The zero-order chi connectivity index (χ0) is 18.8. The summed E-state index contributed by atoms with van der Waals surface area (Å²) in [5.74, 6) is -0.292. The summed E-state index contributed by atoms with van der Waals surface area (Å²) in [6.45, 7) is 5.83. The highest BCUT2D eigenvalue weighted by Gasteiger charge is 2.38. The normalized spacial score (nSPS) is 17.3. The van der Waals surface area contributed by atoms with Crippen LogP contribution >= 0.6 is 0 Å². The molecule has 2 heterocycles. The predicted molar refractivity (Wildman–Crippen MR) is 99.8 cm³/mol. The maximum Gasteiger partial charge on any atom is 0.348 e. The Labute approximate surface area is 151 Å². The third-order valence-corrected chi connectivity index (χ3v) is 4.65. The molecule has 7 nitrogen and oxygen atoms in total. The number of hydrogen-bond acceptors (Lipinski definition) is 6. The lowest BCUT2D eigenvalue weighted by Crippen LogP contribution is -2.30. The number of hydrogen-bond donors (Lipinski definition) is 3. The van der Waals surface area contributed by atoms with E-state index in [2.05, 4.69) is 15.3 Å². The lowest BCUT2D eigenvalue weighted by Gasteiger charge is -2.33. The Morgan fingerprint density at radius 3 is 2.69 bits per heavy atom. The van der Waals surface area contributed by atoms with Crippen LogP contribution in [-0.4, -0.2) is 22.5 Å². The van der Waals surface area contributed by atoms with Crippen molar-refractivity contribution in [3.63, 3.8) is 0 Å². The maximum atomic E-state index is 12.7. The fraction of sp³-hybridized carbons (Fsp3) is 0.316. The van der Waals surface area contributed by atoms with E-state index in [0.29, 0.717) is 22.7 Å². The van der Waals surface area contributed by atoms with Gasteiger partial charge in [0.15, 0.2) is 0 Å².